The molecule has 2 aromatic heterocycles. The molecule has 0 aliphatic carbocycles. The number of pyridine rings is 1. The molecule has 26 heavy (non-hydrogen) atoms. The molecule has 134 valence electrons. The summed E-state index contributed by atoms with van der Waals surface area (Å²) in [5, 5.41) is 7.24. The number of amides is 1. The van der Waals surface area contributed by atoms with E-state index >= 15 is 0 Å². The summed E-state index contributed by atoms with van der Waals surface area (Å²) in [4.78, 5) is 16.6. The number of nitrogens with one attached hydrogen (secondary N) is 1. The largest absolute Gasteiger partial charge is 0.490 e. The molecule has 0 unspecified atom stereocenters. The third kappa shape index (κ3) is 4.69. The number of rotatable bonds is 7. The maximum absolute atomic E-state index is 12.6. The molecule has 1 aromatic carbocycles. The van der Waals surface area contributed by atoms with E-state index in [0.717, 1.165) is 13.0 Å². The zero-order valence-electron chi connectivity index (χ0n) is 14.9. The fourth-order valence-electron chi connectivity index (χ4n) is 2.54. The molecule has 1 amide bonds. The summed E-state index contributed by atoms with van der Waals surface area (Å²) in [7, 11) is 0. The summed E-state index contributed by atoms with van der Waals surface area (Å²) in [5.74, 6) is 0.849. The topological polar surface area (TPSA) is 69.0 Å². The number of para-hydroxylation sites is 1. The summed E-state index contributed by atoms with van der Waals surface area (Å²) < 4.78 is 7.52. The lowest BCUT2D eigenvalue weighted by atomic mass is 10.2. The van der Waals surface area contributed by atoms with Crippen molar-refractivity contribution in [1.29, 1.82) is 0 Å². The smallest absolute Gasteiger partial charge is 0.260 e. The lowest BCUT2D eigenvalue weighted by Gasteiger charge is -2.13. The highest BCUT2D eigenvalue weighted by Gasteiger charge is 2.14. The first-order valence-corrected chi connectivity index (χ1v) is 8.61. The molecule has 0 bridgehead atoms. The number of carbonyl (C=O) groups excluding carboxylic acids is 1. The first-order chi connectivity index (χ1) is 12.6. The van der Waals surface area contributed by atoms with Gasteiger partial charge >= 0.3 is 0 Å². The zero-order chi connectivity index (χ0) is 18.4. The van der Waals surface area contributed by atoms with E-state index in [1.165, 1.54) is 5.56 Å². The Labute approximate surface area is 152 Å². The molecule has 0 saturated carbocycles. The van der Waals surface area contributed by atoms with Crippen LogP contribution in [0.5, 0.6) is 5.75 Å². The molecule has 2 heterocycles. The second kappa shape index (κ2) is 8.29. The van der Waals surface area contributed by atoms with Crippen LogP contribution in [0.15, 0.2) is 61.1 Å². The quantitative estimate of drug-likeness (QED) is 0.707. The molecular formula is C20H22N4O2. The number of nitrogens with zero attached hydrogens (tertiary/aromatic N) is 3. The summed E-state index contributed by atoms with van der Waals surface area (Å²) >= 11 is 0. The van der Waals surface area contributed by atoms with Gasteiger partial charge in [0.05, 0.1) is 11.7 Å². The van der Waals surface area contributed by atoms with Crippen molar-refractivity contribution in [1.82, 2.24) is 14.8 Å². The van der Waals surface area contributed by atoms with Crippen molar-refractivity contribution in [3.8, 4) is 5.75 Å². The Kier molecular flexibility index (Phi) is 5.63. The van der Waals surface area contributed by atoms with Crippen LogP contribution < -0.4 is 10.1 Å². The molecule has 3 rings (SSSR count). The first kappa shape index (κ1) is 17.7. The van der Waals surface area contributed by atoms with Gasteiger partial charge in [-0.3, -0.25) is 14.5 Å². The van der Waals surface area contributed by atoms with Crippen LogP contribution in [0.2, 0.25) is 0 Å². The van der Waals surface area contributed by atoms with Gasteiger partial charge in [0.15, 0.2) is 5.82 Å². The van der Waals surface area contributed by atoms with Crippen LogP contribution in [0.3, 0.4) is 0 Å². The normalized spacial score (nSPS) is 10.7. The third-order valence-electron chi connectivity index (χ3n) is 3.76. The third-order valence-corrected chi connectivity index (χ3v) is 3.76. The maximum Gasteiger partial charge on any atom is 0.260 e. The minimum Gasteiger partial charge on any atom is -0.490 e. The fraction of sp³-hybridized carbons (Fsp3) is 0.250. The standard InChI is InChI=1S/C20H22N4O2/c1-15(2)26-18-6-4-3-5-17(18)20(25)22-19-10-14-24(23-19)13-9-16-7-11-21-12-8-16/h3-8,10-12,14-15H,9,13H2,1-2H3,(H,22,23,25). The van der Waals surface area contributed by atoms with E-state index in [1.807, 2.05) is 49.0 Å². The molecule has 1 N–H and O–H groups in total. The van der Waals surface area contributed by atoms with Crippen molar-refractivity contribution in [2.75, 3.05) is 5.32 Å². The number of benzene rings is 1. The molecule has 6 nitrogen and oxygen atoms in total. The summed E-state index contributed by atoms with van der Waals surface area (Å²) in [6.07, 6.45) is 6.26. The van der Waals surface area contributed by atoms with E-state index in [9.17, 15) is 4.79 Å². The maximum atomic E-state index is 12.6. The zero-order valence-corrected chi connectivity index (χ0v) is 14.9. The van der Waals surface area contributed by atoms with Gasteiger partial charge in [-0.15, -0.1) is 0 Å². The van der Waals surface area contributed by atoms with E-state index in [4.69, 9.17) is 4.74 Å². The van der Waals surface area contributed by atoms with Gasteiger partial charge in [-0.25, -0.2) is 0 Å². The minimum absolute atomic E-state index is 0.00338. The Morgan fingerprint density at radius 3 is 2.69 bits per heavy atom. The van der Waals surface area contributed by atoms with Gasteiger partial charge in [-0.05, 0) is 50.1 Å². The highest BCUT2D eigenvalue weighted by molar-refractivity contribution is 6.05. The summed E-state index contributed by atoms with van der Waals surface area (Å²) in [6, 6.07) is 13.0. The molecule has 0 aliphatic heterocycles. The van der Waals surface area contributed by atoms with E-state index in [1.54, 1.807) is 30.6 Å². The highest BCUT2D eigenvalue weighted by atomic mass is 16.5. The minimum atomic E-state index is -0.236. The lowest BCUT2D eigenvalue weighted by molar-refractivity contribution is 0.102. The predicted octanol–water partition coefficient (Wildman–Crippen LogP) is 3.56. The molecule has 0 aliphatic rings. The Balaban J connectivity index is 1.63. The Hall–Kier alpha value is -3.15. The van der Waals surface area contributed by atoms with E-state index in [-0.39, 0.29) is 12.0 Å². The van der Waals surface area contributed by atoms with Crippen LogP contribution in [-0.2, 0) is 13.0 Å². The van der Waals surface area contributed by atoms with E-state index in [2.05, 4.69) is 15.4 Å². The highest BCUT2D eigenvalue weighted by Crippen LogP contribution is 2.20. The monoisotopic (exact) mass is 350 g/mol. The fourth-order valence-corrected chi connectivity index (χ4v) is 2.54. The van der Waals surface area contributed by atoms with Crippen LogP contribution in [0.1, 0.15) is 29.8 Å². The Morgan fingerprint density at radius 2 is 1.92 bits per heavy atom. The number of hydrogen-bond acceptors (Lipinski definition) is 4. The molecule has 0 radical (unpaired) electrons. The van der Waals surface area contributed by atoms with Crippen LogP contribution in [0.25, 0.3) is 0 Å². The van der Waals surface area contributed by atoms with Crippen LogP contribution in [-0.4, -0.2) is 26.8 Å². The predicted molar refractivity (Wildman–Crippen MR) is 100 cm³/mol. The molecule has 0 saturated heterocycles. The van der Waals surface area contributed by atoms with Crippen molar-refractivity contribution in [2.24, 2.45) is 0 Å². The molecule has 0 spiro atoms. The number of hydrogen-bond donors (Lipinski definition) is 1. The van der Waals surface area contributed by atoms with Gasteiger partial charge in [0.2, 0.25) is 0 Å². The van der Waals surface area contributed by atoms with Crippen molar-refractivity contribution in [3.63, 3.8) is 0 Å². The number of anilines is 1. The molecule has 3 aromatic rings. The second-order valence-electron chi connectivity index (χ2n) is 6.19. The average molecular weight is 350 g/mol. The number of carbonyl (C=O) groups is 1. The van der Waals surface area contributed by atoms with E-state index < -0.39 is 0 Å². The van der Waals surface area contributed by atoms with Crippen molar-refractivity contribution in [3.05, 3.63) is 72.2 Å². The lowest BCUT2D eigenvalue weighted by Crippen LogP contribution is -2.16. The molecule has 0 atom stereocenters. The molecule has 0 fully saturated rings. The summed E-state index contributed by atoms with van der Waals surface area (Å²) in [6.45, 7) is 4.59. The summed E-state index contributed by atoms with van der Waals surface area (Å²) in [5.41, 5.74) is 1.69. The van der Waals surface area contributed by atoms with Crippen LogP contribution >= 0.6 is 0 Å². The van der Waals surface area contributed by atoms with Crippen LogP contribution in [0.4, 0.5) is 5.82 Å². The van der Waals surface area contributed by atoms with Gasteiger partial charge in [-0.2, -0.15) is 5.10 Å². The first-order valence-electron chi connectivity index (χ1n) is 8.61. The second-order valence-corrected chi connectivity index (χ2v) is 6.19. The van der Waals surface area contributed by atoms with Gasteiger partial charge in [0, 0.05) is 31.2 Å². The number of aromatic nitrogens is 3. The Morgan fingerprint density at radius 1 is 1.15 bits per heavy atom. The van der Waals surface area contributed by atoms with Gasteiger partial charge < -0.3 is 10.1 Å². The van der Waals surface area contributed by atoms with Gasteiger partial charge in [-0.1, -0.05) is 12.1 Å². The van der Waals surface area contributed by atoms with Gasteiger partial charge in [0.1, 0.15) is 5.75 Å². The Bertz CT molecular complexity index is 859. The van der Waals surface area contributed by atoms with Crippen molar-refractivity contribution >= 4 is 11.7 Å². The van der Waals surface area contributed by atoms with Crippen LogP contribution in [0, 0.1) is 0 Å². The van der Waals surface area contributed by atoms with Gasteiger partial charge in [0.25, 0.3) is 5.91 Å². The van der Waals surface area contributed by atoms with Crippen molar-refractivity contribution in [2.45, 2.75) is 32.9 Å². The SMILES string of the molecule is CC(C)Oc1ccccc1C(=O)Nc1ccn(CCc2ccncc2)n1. The van der Waals surface area contributed by atoms with Crippen molar-refractivity contribution < 1.29 is 9.53 Å². The average Bonchev–Trinajstić information content (AvgIpc) is 3.08. The number of ether oxygens (including phenoxy) is 1. The number of aryl methyl sites for hydroxylation is 2. The van der Waals surface area contributed by atoms with E-state index in [0.29, 0.717) is 17.1 Å². The molecule has 6 heteroatoms. The molecular weight excluding hydrogens is 328 g/mol.